The molecule has 1 aliphatic heterocycles. The highest BCUT2D eigenvalue weighted by Gasteiger charge is 2.19. The quantitative estimate of drug-likeness (QED) is 0.630. The first-order valence-electron chi connectivity index (χ1n) is 10.00. The Bertz CT molecular complexity index is 854. The van der Waals surface area contributed by atoms with E-state index in [2.05, 4.69) is 50.6 Å². The van der Waals surface area contributed by atoms with E-state index in [4.69, 9.17) is 4.74 Å². The predicted octanol–water partition coefficient (Wildman–Crippen LogP) is 3.56. The number of piperidine rings is 1. The maximum atomic E-state index is 5.95. The fraction of sp³-hybridized carbons (Fsp3) is 0.409. The predicted molar refractivity (Wildman–Crippen MR) is 109 cm³/mol. The van der Waals surface area contributed by atoms with Crippen LogP contribution in [0.15, 0.2) is 54.6 Å². The molecule has 4 rings (SSSR count). The average Bonchev–Trinajstić information content (AvgIpc) is 3.17. The molecule has 146 valence electrons. The normalized spacial score (nSPS) is 15.6. The first kappa shape index (κ1) is 18.6. The molecule has 1 fully saturated rings. The SMILES string of the molecule is Cn1nnc(-c2ccc(OCCC3CCN(Cc4ccccc4)CC3)cc2)n1. The third-order valence-corrected chi connectivity index (χ3v) is 5.37. The number of rotatable bonds is 7. The van der Waals surface area contributed by atoms with E-state index in [0.717, 1.165) is 36.8 Å². The van der Waals surface area contributed by atoms with Crippen LogP contribution in [0.25, 0.3) is 11.4 Å². The smallest absolute Gasteiger partial charge is 0.204 e. The molecule has 28 heavy (non-hydrogen) atoms. The summed E-state index contributed by atoms with van der Waals surface area (Å²) in [5.41, 5.74) is 2.36. The van der Waals surface area contributed by atoms with Gasteiger partial charge in [0.15, 0.2) is 0 Å². The minimum Gasteiger partial charge on any atom is -0.494 e. The van der Waals surface area contributed by atoms with Crippen LogP contribution in [0, 0.1) is 5.92 Å². The lowest BCUT2D eigenvalue weighted by atomic mass is 9.93. The monoisotopic (exact) mass is 377 g/mol. The Morgan fingerprint density at radius 3 is 2.43 bits per heavy atom. The van der Waals surface area contributed by atoms with E-state index in [1.807, 2.05) is 24.3 Å². The van der Waals surface area contributed by atoms with Crippen molar-refractivity contribution in [1.29, 1.82) is 0 Å². The van der Waals surface area contributed by atoms with Gasteiger partial charge in [0, 0.05) is 12.1 Å². The van der Waals surface area contributed by atoms with Crippen LogP contribution in [-0.2, 0) is 13.6 Å². The van der Waals surface area contributed by atoms with Gasteiger partial charge in [0.05, 0.1) is 13.7 Å². The number of nitrogens with zero attached hydrogens (tertiary/aromatic N) is 5. The Morgan fingerprint density at radius 1 is 1.00 bits per heavy atom. The zero-order valence-corrected chi connectivity index (χ0v) is 16.4. The number of aromatic nitrogens is 4. The Labute approximate surface area is 166 Å². The molecule has 0 bridgehead atoms. The number of aryl methyl sites for hydroxylation is 1. The number of hydrogen-bond donors (Lipinski definition) is 0. The molecule has 6 heteroatoms. The van der Waals surface area contributed by atoms with Crippen LogP contribution in [0.5, 0.6) is 5.75 Å². The molecule has 0 atom stereocenters. The molecule has 1 saturated heterocycles. The summed E-state index contributed by atoms with van der Waals surface area (Å²) in [5.74, 6) is 2.29. The number of ether oxygens (including phenoxy) is 1. The van der Waals surface area contributed by atoms with E-state index in [1.54, 1.807) is 7.05 Å². The fourth-order valence-corrected chi connectivity index (χ4v) is 3.72. The van der Waals surface area contributed by atoms with Crippen molar-refractivity contribution in [2.75, 3.05) is 19.7 Å². The first-order valence-corrected chi connectivity index (χ1v) is 10.00. The van der Waals surface area contributed by atoms with Gasteiger partial charge in [-0.05, 0) is 73.3 Å². The van der Waals surface area contributed by atoms with Crippen LogP contribution in [0.3, 0.4) is 0 Å². The van der Waals surface area contributed by atoms with Crippen molar-refractivity contribution in [2.45, 2.75) is 25.8 Å². The van der Waals surface area contributed by atoms with Crippen molar-refractivity contribution in [1.82, 2.24) is 25.1 Å². The van der Waals surface area contributed by atoms with Crippen molar-refractivity contribution < 1.29 is 4.74 Å². The Morgan fingerprint density at radius 2 is 1.75 bits per heavy atom. The van der Waals surface area contributed by atoms with Gasteiger partial charge in [-0.15, -0.1) is 10.2 Å². The molecular weight excluding hydrogens is 350 g/mol. The molecule has 0 unspecified atom stereocenters. The van der Waals surface area contributed by atoms with Gasteiger partial charge in [-0.3, -0.25) is 4.90 Å². The van der Waals surface area contributed by atoms with Gasteiger partial charge in [0.1, 0.15) is 5.75 Å². The largest absolute Gasteiger partial charge is 0.494 e. The van der Waals surface area contributed by atoms with E-state index in [-0.39, 0.29) is 0 Å². The molecule has 0 saturated carbocycles. The molecule has 0 N–H and O–H groups in total. The van der Waals surface area contributed by atoms with Gasteiger partial charge in [-0.2, -0.15) is 4.80 Å². The fourth-order valence-electron chi connectivity index (χ4n) is 3.72. The molecule has 2 aromatic carbocycles. The summed E-state index contributed by atoms with van der Waals surface area (Å²) in [6.07, 6.45) is 3.63. The van der Waals surface area contributed by atoms with E-state index in [9.17, 15) is 0 Å². The van der Waals surface area contributed by atoms with Crippen LogP contribution in [0.2, 0.25) is 0 Å². The van der Waals surface area contributed by atoms with Crippen LogP contribution in [0.1, 0.15) is 24.8 Å². The topological polar surface area (TPSA) is 56.1 Å². The second kappa shape index (κ2) is 8.97. The van der Waals surface area contributed by atoms with Crippen LogP contribution in [0.4, 0.5) is 0 Å². The minimum absolute atomic E-state index is 0.635. The number of benzene rings is 2. The van der Waals surface area contributed by atoms with Gasteiger partial charge in [-0.25, -0.2) is 0 Å². The molecular formula is C22H27N5O. The standard InChI is InChI=1S/C22H27N5O/c1-26-24-22(23-25-26)20-7-9-21(10-8-20)28-16-13-18-11-14-27(15-12-18)17-19-5-3-2-4-6-19/h2-10,18H,11-17H2,1H3. The third-order valence-electron chi connectivity index (χ3n) is 5.37. The second-order valence-corrected chi connectivity index (χ2v) is 7.47. The van der Waals surface area contributed by atoms with Crippen LogP contribution < -0.4 is 4.74 Å². The summed E-state index contributed by atoms with van der Waals surface area (Å²) in [5, 5.41) is 12.1. The lowest BCUT2D eigenvalue weighted by Crippen LogP contribution is -2.33. The highest BCUT2D eigenvalue weighted by Crippen LogP contribution is 2.23. The van der Waals surface area contributed by atoms with Crippen LogP contribution in [-0.4, -0.2) is 44.8 Å². The van der Waals surface area contributed by atoms with E-state index >= 15 is 0 Å². The maximum Gasteiger partial charge on any atom is 0.204 e. The van der Waals surface area contributed by atoms with Gasteiger partial charge < -0.3 is 4.74 Å². The summed E-state index contributed by atoms with van der Waals surface area (Å²) in [6.45, 7) is 4.20. The summed E-state index contributed by atoms with van der Waals surface area (Å²) in [7, 11) is 1.76. The highest BCUT2D eigenvalue weighted by atomic mass is 16.5. The highest BCUT2D eigenvalue weighted by molar-refractivity contribution is 5.55. The van der Waals surface area contributed by atoms with Gasteiger partial charge in [0.25, 0.3) is 0 Å². The molecule has 0 spiro atoms. The third kappa shape index (κ3) is 4.95. The maximum absolute atomic E-state index is 5.95. The lowest BCUT2D eigenvalue weighted by molar-refractivity contribution is 0.157. The molecule has 0 amide bonds. The Hall–Kier alpha value is -2.73. The number of tetrazole rings is 1. The Balaban J connectivity index is 1.18. The van der Waals surface area contributed by atoms with Gasteiger partial charge >= 0.3 is 0 Å². The second-order valence-electron chi connectivity index (χ2n) is 7.47. The molecule has 1 aliphatic rings. The molecule has 0 aliphatic carbocycles. The first-order chi connectivity index (χ1) is 13.8. The summed E-state index contributed by atoms with van der Waals surface area (Å²) >= 11 is 0. The molecule has 2 heterocycles. The van der Waals surface area contributed by atoms with Crippen molar-refractivity contribution in [3.8, 4) is 17.1 Å². The van der Waals surface area contributed by atoms with Crippen molar-refractivity contribution >= 4 is 0 Å². The average molecular weight is 377 g/mol. The Kier molecular flexibility index (Phi) is 5.97. The van der Waals surface area contributed by atoms with Gasteiger partial charge in [-0.1, -0.05) is 30.3 Å². The summed E-state index contributed by atoms with van der Waals surface area (Å²) in [4.78, 5) is 4.02. The molecule has 6 nitrogen and oxygen atoms in total. The van der Waals surface area contributed by atoms with E-state index < -0.39 is 0 Å². The van der Waals surface area contributed by atoms with Gasteiger partial charge in [0.2, 0.25) is 5.82 Å². The summed E-state index contributed by atoms with van der Waals surface area (Å²) in [6, 6.07) is 18.7. The van der Waals surface area contributed by atoms with E-state index in [0.29, 0.717) is 5.82 Å². The molecule has 1 aromatic heterocycles. The minimum atomic E-state index is 0.635. The number of likely N-dealkylation sites (tertiary alicyclic amines) is 1. The van der Waals surface area contributed by atoms with Crippen molar-refractivity contribution in [3.63, 3.8) is 0 Å². The van der Waals surface area contributed by atoms with E-state index in [1.165, 1.54) is 36.3 Å². The molecule has 3 aromatic rings. The molecule has 0 radical (unpaired) electrons. The van der Waals surface area contributed by atoms with Crippen LogP contribution >= 0.6 is 0 Å². The zero-order valence-electron chi connectivity index (χ0n) is 16.4. The van der Waals surface area contributed by atoms with Crippen molar-refractivity contribution in [3.05, 3.63) is 60.2 Å². The number of hydrogen-bond acceptors (Lipinski definition) is 5. The lowest BCUT2D eigenvalue weighted by Gasteiger charge is -2.32. The summed E-state index contributed by atoms with van der Waals surface area (Å²) < 4.78 is 5.95. The zero-order chi connectivity index (χ0) is 19.2. The van der Waals surface area contributed by atoms with Crippen molar-refractivity contribution in [2.24, 2.45) is 13.0 Å².